The second kappa shape index (κ2) is 15.9. The Morgan fingerprint density at radius 3 is 2.31 bits per heavy atom. The number of rotatable bonds is 13. The van der Waals surface area contributed by atoms with Crippen LogP contribution in [0.1, 0.15) is 70.4 Å². The maximum Gasteiger partial charge on any atom is 0.337 e. The monoisotopic (exact) mass is 676 g/mol. The highest BCUT2D eigenvalue weighted by Gasteiger charge is 2.37. The number of anilines is 2. The molecule has 1 unspecified atom stereocenters. The summed E-state index contributed by atoms with van der Waals surface area (Å²) in [6, 6.07) is 14.4. The number of pyridine rings is 1. The van der Waals surface area contributed by atoms with Gasteiger partial charge in [0, 0.05) is 62.5 Å². The predicted octanol–water partition coefficient (Wildman–Crippen LogP) is 7.13. The van der Waals surface area contributed by atoms with Crippen LogP contribution in [0.2, 0.25) is 0 Å². The Morgan fingerprint density at radius 1 is 1.04 bits per heavy atom. The van der Waals surface area contributed by atoms with Crippen LogP contribution in [0.5, 0.6) is 5.75 Å². The molecule has 3 heterocycles. The van der Waals surface area contributed by atoms with Crippen LogP contribution in [0.15, 0.2) is 48.5 Å². The summed E-state index contributed by atoms with van der Waals surface area (Å²) in [5, 5.41) is 14.3. The molecule has 49 heavy (non-hydrogen) atoms. The Kier molecular flexibility index (Phi) is 11.8. The number of carboxylic acid groups (broad SMARTS) is 1. The number of aliphatic carboxylic acids is 1. The largest absolute Gasteiger partial charge is 0.493 e. The topological polar surface area (TPSA) is 96.4 Å². The number of morpholine rings is 1. The van der Waals surface area contributed by atoms with Gasteiger partial charge in [-0.25, -0.2) is 14.2 Å². The highest BCUT2D eigenvalue weighted by molar-refractivity contribution is 5.92. The van der Waals surface area contributed by atoms with E-state index in [-0.39, 0.29) is 11.2 Å². The molecule has 1 atom stereocenters. The van der Waals surface area contributed by atoms with Crippen molar-refractivity contribution in [2.45, 2.75) is 72.5 Å². The fourth-order valence-corrected chi connectivity index (χ4v) is 6.48. The summed E-state index contributed by atoms with van der Waals surface area (Å²) in [5.74, 6) is 0.145. The van der Waals surface area contributed by atoms with Crippen molar-refractivity contribution >= 4 is 17.5 Å². The minimum Gasteiger partial charge on any atom is -0.493 e. The average Bonchev–Trinajstić information content (AvgIpc) is 3.05. The van der Waals surface area contributed by atoms with Crippen molar-refractivity contribution < 1.29 is 28.5 Å². The van der Waals surface area contributed by atoms with Crippen LogP contribution in [0.3, 0.4) is 0 Å². The Bertz CT molecular complexity index is 1540. The zero-order chi connectivity index (χ0) is 35.2. The minimum absolute atomic E-state index is 0.194. The summed E-state index contributed by atoms with van der Waals surface area (Å²) in [4.78, 5) is 22.8. The number of aryl methyl sites for hydroxylation is 1. The van der Waals surface area contributed by atoms with Gasteiger partial charge in [-0.05, 0) is 81.3 Å². The van der Waals surface area contributed by atoms with Gasteiger partial charge in [0.05, 0.1) is 31.1 Å². The molecule has 2 N–H and O–H groups in total. The second-order valence-electron chi connectivity index (χ2n) is 14.9. The second-order valence-corrected chi connectivity index (χ2v) is 14.9. The van der Waals surface area contributed by atoms with Crippen LogP contribution in [0.25, 0.3) is 11.1 Å². The number of carbonyl (C=O) groups is 1. The third-order valence-electron chi connectivity index (χ3n) is 9.33. The molecule has 2 aromatic carbocycles. The minimum atomic E-state index is -1.20. The van der Waals surface area contributed by atoms with Crippen LogP contribution >= 0.6 is 0 Å². The Hall–Kier alpha value is -3.73. The van der Waals surface area contributed by atoms with E-state index >= 15 is 0 Å². The van der Waals surface area contributed by atoms with Crippen molar-refractivity contribution in [2.75, 3.05) is 69.3 Å². The predicted molar refractivity (Wildman–Crippen MR) is 192 cm³/mol. The van der Waals surface area contributed by atoms with E-state index in [1.165, 1.54) is 12.1 Å². The van der Waals surface area contributed by atoms with Gasteiger partial charge in [0.1, 0.15) is 17.4 Å². The summed E-state index contributed by atoms with van der Waals surface area (Å²) >= 11 is 0. The molecule has 5 rings (SSSR count). The molecule has 0 aliphatic carbocycles. The van der Waals surface area contributed by atoms with E-state index in [1.54, 1.807) is 12.1 Å². The number of aromatic nitrogens is 1. The summed E-state index contributed by atoms with van der Waals surface area (Å²) in [6.07, 6.45) is 1.41. The first kappa shape index (κ1) is 36.5. The van der Waals surface area contributed by atoms with Crippen molar-refractivity contribution in [2.24, 2.45) is 5.41 Å². The number of carboxylic acids is 1. The summed E-state index contributed by atoms with van der Waals surface area (Å²) in [7, 11) is 0. The lowest BCUT2D eigenvalue weighted by atomic mass is 9.82. The molecule has 0 radical (unpaired) electrons. The van der Waals surface area contributed by atoms with Gasteiger partial charge >= 0.3 is 5.97 Å². The normalized spacial score (nSPS) is 17.5. The molecule has 10 heteroatoms. The van der Waals surface area contributed by atoms with Crippen LogP contribution in [-0.4, -0.2) is 85.6 Å². The van der Waals surface area contributed by atoms with Crippen molar-refractivity contribution in [3.8, 4) is 16.9 Å². The van der Waals surface area contributed by atoms with Crippen molar-refractivity contribution in [3.05, 3.63) is 71.2 Å². The average molecular weight is 677 g/mol. The molecule has 0 amide bonds. The standard InChI is InChI=1S/C39H53FN4O5/c1-27-32(35(37(45)46)49-38(2,3)4)34(44-19-16-39(5,6)17-20-44)33(36(42-27)41-18-21-43-22-25-47-26-23-43)29-9-13-31(14-10-29)48-24-15-28-7-11-30(40)12-8-28/h7-14,35H,15-26H2,1-6H3,(H,41,42)(H,45,46). The molecule has 9 nitrogen and oxygen atoms in total. The molecule has 2 aliphatic heterocycles. The molecule has 0 spiro atoms. The first-order valence-corrected chi connectivity index (χ1v) is 17.5. The highest BCUT2D eigenvalue weighted by Crippen LogP contribution is 2.46. The van der Waals surface area contributed by atoms with E-state index in [9.17, 15) is 14.3 Å². The molecule has 2 saturated heterocycles. The van der Waals surface area contributed by atoms with E-state index in [0.29, 0.717) is 36.6 Å². The van der Waals surface area contributed by atoms with Gasteiger partial charge in [-0.3, -0.25) is 4.90 Å². The number of ether oxygens (including phenoxy) is 3. The van der Waals surface area contributed by atoms with Crippen LogP contribution in [0.4, 0.5) is 15.9 Å². The van der Waals surface area contributed by atoms with Crippen molar-refractivity contribution in [1.82, 2.24) is 9.88 Å². The number of hydrogen-bond acceptors (Lipinski definition) is 8. The summed E-state index contributed by atoms with van der Waals surface area (Å²) in [5.41, 5.74) is 4.36. The van der Waals surface area contributed by atoms with Crippen LogP contribution in [-0.2, 0) is 20.7 Å². The Balaban J connectivity index is 1.54. The SMILES string of the molecule is Cc1nc(NCCN2CCOCC2)c(-c2ccc(OCCc3ccc(F)cc3)cc2)c(N2CCC(C)(C)CC2)c1C(OC(C)(C)C)C(=O)O. The van der Waals surface area contributed by atoms with Gasteiger partial charge < -0.3 is 29.5 Å². The van der Waals surface area contributed by atoms with Gasteiger partial charge in [0.25, 0.3) is 0 Å². The molecule has 1 aromatic heterocycles. The van der Waals surface area contributed by atoms with Crippen LogP contribution in [0, 0.1) is 18.2 Å². The zero-order valence-corrected chi connectivity index (χ0v) is 30.0. The third kappa shape index (κ3) is 9.93. The fourth-order valence-electron chi connectivity index (χ4n) is 6.48. The zero-order valence-electron chi connectivity index (χ0n) is 30.0. The molecule has 2 fully saturated rings. The van der Waals surface area contributed by atoms with E-state index in [2.05, 4.69) is 29.0 Å². The smallest absolute Gasteiger partial charge is 0.337 e. The van der Waals surface area contributed by atoms with E-state index < -0.39 is 17.7 Å². The van der Waals surface area contributed by atoms with Gasteiger partial charge in [-0.2, -0.15) is 0 Å². The number of nitrogens with zero attached hydrogens (tertiary/aromatic N) is 3. The Morgan fingerprint density at radius 2 is 1.69 bits per heavy atom. The molecule has 266 valence electrons. The first-order valence-electron chi connectivity index (χ1n) is 17.5. The Labute approximate surface area is 290 Å². The maximum atomic E-state index is 13.3. The number of halogens is 1. The van der Waals surface area contributed by atoms with Crippen LogP contribution < -0.4 is 15.0 Å². The lowest BCUT2D eigenvalue weighted by molar-refractivity contribution is -0.160. The van der Waals surface area contributed by atoms with Gasteiger partial charge in [-0.15, -0.1) is 0 Å². The first-order chi connectivity index (χ1) is 23.3. The highest BCUT2D eigenvalue weighted by atomic mass is 19.1. The molecule has 3 aromatic rings. The number of benzene rings is 2. The van der Waals surface area contributed by atoms with E-state index in [0.717, 1.165) is 87.0 Å². The molecular weight excluding hydrogens is 623 g/mol. The number of hydrogen-bond donors (Lipinski definition) is 2. The van der Waals surface area contributed by atoms with E-state index in [4.69, 9.17) is 19.2 Å². The molecule has 2 aliphatic rings. The summed E-state index contributed by atoms with van der Waals surface area (Å²) < 4.78 is 31.2. The molecule has 0 bridgehead atoms. The third-order valence-corrected chi connectivity index (χ3v) is 9.33. The number of piperidine rings is 1. The van der Waals surface area contributed by atoms with Gasteiger partial charge in [0.2, 0.25) is 0 Å². The van der Waals surface area contributed by atoms with Crippen molar-refractivity contribution in [3.63, 3.8) is 0 Å². The lowest BCUT2D eigenvalue weighted by Crippen LogP contribution is -2.40. The van der Waals surface area contributed by atoms with Gasteiger partial charge in [-0.1, -0.05) is 38.1 Å². The quantitative estimate of drug-likeness (QED) is 0.196. The summed E-state index contributed by atoms with van der Waals surface area (Å²) in [6.45, 7) is 18.9. The maximum absolute atomic E-state index is 13.3. The molecular formula is C39H53FN4O5. The number of nitrogens with one attached hydrogen (secondary N) is 1. The van der Waals surface area contributed by atoms with Crippen molar-refractivity contribution in [1.29, 1.82) is 0 Å². The lowest BCUT2D eigenvalue weighted by Gasteiger charge is -2.41. The fraction of sp³-hybridized carbons (Fsp3) is 0.538. The van der Waals surface area contributed by atoms with Gasteiger partial charge in [0.15, 0.2) is 6.10 Å². The van der Waals surface area contributed by atoms with E-state index in [1.807, 2.05) is 52.0 Å². The molecule has 0 saturated carbocycles.